The fourth-order valence-electron chi connectivity index (χ4n) is 1.59. The molecule has 3 N–H and O–H groups in total. The zero-order chi connectivity index (χ0) is 14.8. The van der Waals surface area contributed by atoms with Crippen LogP contribution in [0.2, 0.25) is 0 Å². The maximum Gasteiger partial charge on any atom is 0.0319 e. The molecule has 0 aromatic carbocycles. The number of allylic oxidation sites excluding steroid dienone is 4. The smallest absolute Gasteiger partial charge is 0.0319 e. The largest absolute Gasteiger partial charge is 0.400 e. The Morgan fingerprint density at radius 1 is 0.765 bits per heavy atom. The maximum absolute atomic E-state index is 7.00. The molecule has 0 saturated carbocycles. The van der Waals surface area contributed by atoms with Crippen LogP contribution in [0, 0.1) is 5.41 Å². The van der Waals surface area contributed by atoms with E-state index < -0.39 is 0 Å². The van der Waals surface area contributed by atoms with Crippen LogP contribution >= 0.6 is 0 Å². The van der Waals surface area contributed by atoms with Gasteiger partial charge in [-0.05, 0) is 0 Å². The van der Waals surface area contributed by atoms with Crippen LogP contribution in [0.15, 0.2) is 20.0 Å². The van der Waals surface area contributed by atoms with Gasteiger partial charge in [0.15, 0.2) is 0 Å². The molecule has 0 fully saturated rings. The minimum absolute atomic E-state index is 0.354. The molecule has 4 heteroatoms. The number of hydrogen-bond donors (Lipinski definition) is 3. The van der Waals surface area contributed by atoms with E-state index in [9.17, 15) is 0 Å². The summed E-state index contributed by atoms with van der Waals surface area (Å²) < 4.78 is 1.62. The molecular weight excluding hydrogens is 295 g/mol. The predicted octanol–water partition coefficient (Wildman–Crippen LogP) is 2.01. The zero-order valence-electron chi connectivity index (χ0n) is 12.3. The first-order chi connectivity index (χ1) is 7.89. The van der Waals surface area contributed by atoms with Crippen LogP contribution < -0.4 is 0 Å². The van der Waals surface area contributed by atoms with Crippen molar-refractivity contribution < 1.29 is 40.0 Å². The average molecular weight is 323 g/mol. The molecule has 0 aromatic rings. The molecule has 0 saturated heterocycles. The van der Waals surface area contributed by atoms with E-state index in [-0.39, 0.29) is 0 Å². The van der Waals surface area contributed by atoms with Gasteiger partial charge in [-0.3, -0.25) is 0 Å². The van der Waals surface area contributed by atoms with E-state index in [0.717, 1.165) is 21.3 Å². The van der Waals surface area contributed by atoms with Gasteiger partial charge in [-0.15, -0.1) is 0 Å². The van der Waals surface area contributed by atoms with Crippen molar-refractivity contribution in [3.05, 3.63) is 20.0 Å². The third-order valence-corrected chi connectivity index (χ3v) is 5.52. The van der Waals surface area contributed by atoms with E-state index >= 15 is 0 Å². The molecule has 1 aliphatic carbocycles. The fourth-order valence-corrected chi connectivity index (χ4v) is 2.52. The van der Waals surface area contributed by atoms with Crippen molar-refractivity contribution >= 4 is 0 Å². The summed E-state index contributed by atoms with van der Waals surface area (Å²) in [4.78, 5) is 0. The van der Waals surface area contributed by atoms with E-state index in [2.05, 4.69) is 34.6 Å². The Labute approximate surface area is 121 Å². The topological polar surface area (TPSA) is 60.7 Å². The van der Waals surface area contributed by atoms with Gasteiger partial charge >= 0.3 is 84.8 Å². The zero-order valence-corrected chi connectivity index (χ0v) is 14.8. The summed E-state index contributed by atoms with van der Waals surface area (Å²) in [5.41, 5.74) is 4.96. The number of aliphatic hydroxyl groups is 3. The van der Waals surface area contributed by atoms with Gasteiger partial charge in [0.2, 0.25) is 0 Å². The molecule has 0 aromatic heterocycles. The van der Waals surface area contributed by atoms with E-state index in [1.807, 2.05) is 0 Å². The van der Waals surface area contributed by atoms with Crippen LogP contribution in [0.3, 0.4) is 0 Å². The molecule has 0 aliphatic heterocycles. The van der Waals surface area contributed by atoms with Gasteiger partial charge in [-0.25, -0.2) is 0 Å². The minimum atomic E-state index is 0.354. The maximum atomic E-state index is 7.00. The molecule has 0 radical (unpaired) electrons. The number of hydrogen-bond acceptors (Lipinski definition) is 3. The van der Waals surface area contributed by atoms with Crippen molar-refractivity contribution in [3.8, 4) is 0 Å². The molecule has 0 bridgehead atoms. The summed E-state index contributed by atoms with van der Waals surface area (Å²) in [5.74, 6) is 0. The van der Waals surface area contributed by atoms with Crippen molar-refractivity contribution in [1.29, 1.82) is 0 Å². The Hall–Kier alpha value is 0.243. The van der Waals surface area contributed by atoms with Crippen LogP contribution in [-0.4, -0.2) is 36.6 Å². The summed E-state index contributed by atoms with van der Waals surface area (Å²) in [6.45, 7) is 11.4. The monoisotopic (exact) mass is 321 g/mol. The van der Waals surface area contributed by atoms with Crippen LogP contribution in [0.1, 0.15) is 34.6 Å². The van der Waals surface area contributed by atoms with Crippen LogP contribution in [0.4, 0.5) is 0 Å². The molecule has 17 heavy (non-hydrogen) atoms. The van der Waals surface area contributed by atoms with Crippen LogP contribution in [-0.2, 0) is 24.7 Å². The molecular formula is C13H27O3Zr. The van der Waals surface area contributed by atoms with E-state index in [1.54, 1.807) is 33.6 Å². The molecule has 0 heterocycles. The van der Waals surface area contributed by atoms with Gasteiger partial charge in [0.25, 0.3) is 0 Å². The molecule has 0 spiro atoms. The van der Waals surface area contributed by atoms with Gasteiger partial charge in [0, 0.05) is 21.3 Å². The minimum Gasteiger partial charge on any atom is -0.400 e. The summed E-state index contributed by atoms with van der Waals surface area (Å²) in [6.07, 6.45) is 0. The van der Waals surface area contributed by atoms with Crippen molar-refractivity contribution in [2.24, 2.45) is 5.41 Å². The normalized spacial score (nSPS) is 16.1. The summed E-state index contributed by atoms with van der Waals surface area (Å²) in [6, 6.07) is 0. The van der Waals surface area contributed by atoms with Crippen molar-refractivity contribution in [2.75, 3.05) is 21.3 Å². The van der Waals surface area contributed by atoms with E-state index in [4.69, 9.17) is 15.3 Å². The first-order valence-corrected chi connectivity index (χ1v) is 6.57. The first-order valence-electron chi connectivity index (χ1n) is 5.34. The Bertz CT molecular complexity index is 240. The third kappa shape index (κ3) is 5.61. The second kappa shape index (κ2) is 11.3. The van der Waals surface area contributed by atoms with Gasteiger partial charge in [0.05, 0.1) is 0 Å². The molecule has 0 atom stereocenters. The summed E-state index contributed by atoms with van der Waals surface area (Å²) in [5, 5.41) is 21.0. The van der Waals surface area contributed by atoms with Crippen molar-refractivity contribution in [1.82, 2.24) is 0 Å². The second-order valence-corrected chi connectivity index (χ2v) is 5.10. The Balaban J connectivity index is -0.000000285. The SMILES string of the molecule is CC1=C(C)C(C)(C)[C]([Zr])=C1C.CO.CO.CO. The average Bonchev–Trinajstić information content (AvgIpc) is 2.52. The van der Waals surface area contributed by atoms with Gasteiger partial charge in [-0.2, -0.15) is 0 Å². The molecule has 1 rings (SSSR count). The van der Waals surface area contributed by atoms with Gasteiger partial charge in [0.1, 0.15) is 0 Å². The molecule has 0 amide bonds. The molecule has 0 unspecified atom stereocenters. The summed E-state index contributed by atoms with van der Waals surface area (Å²) in [7, 11) is 3.00. The molecule has 3 nitrogen and oxygen atoms in total. The molecule has 101 valence electrons. The van der Waals surface area contributed by atoms with Gasteiger partial charge in [-0.1, -0.05) is 0 Å². The number of rotatable bonds is 0. The van der Waals surface area contributed by atoms with E-state index in [1.165, 1.54) is 11.1 Å². The Kier molecular flexibility index (Phi) is 15.0. The Morgan fingerprint density at radius 2 is 1.06 bits per heavy atom. The van der Waals surface area contributed by atoms with Gasteiger partial charge < -0.3 is 15.3 Å². The fraction of sp³-hybridized carbons (Fsp3) is 0.692. The number of aliphatic hydroxyl groups excluding tert-OH is 3. The standard InChI is InChI=1S/C10H15.3CH4O.Zr/c1-7-6-10(4,5)9(3)8(7)2;3*1-2;/h1-5H3;3*2H,1H3;. The van der Waals surface area contributed by atoms with Crippen molar-refractivity contribution in [2.45, 2.75) is 34.6 Å². The second-order valence-electron chi connectivity index (χ2n) is 3.88. The van der Waals surface area contributed by atoms with Crippen LogP contribution in [0.25, 0.3) is 0 Å². The third-order valence-electron chi connectivity index (χ3n) is 3.06. The summed E-state index contributed by atoms with van der Waals surface area (Å²) >= 11 is 1.57. The predicted molar refractivity (Wildman–Crippen MR) is 69.3 cm³/mol. The quantitative estimate of drug-likeness (QED) is 0.639. The van der Waals surface area contributed by atoms with E-state index in [0.29, 0.717) is 5.41 Å². The Morgan fingerprint density at radius 3 is 1.12 bits per heavy atom. The van der Waals surface area contributed by atoms with Crippen LogP contribution in [0.5, 0.6) is 0 Å². The first kappa shape index (κ1) is 22.4. The molecule has 1 aliphatic rings. The van der Waals surface area contributed by atoms with Crippen molar-refractivity contribution in [3.63, 3.8) is 0 Å².